The molecule has 2 aromatic rings. The normalized spacial score (nSPS) is 15.0. The van der Waals surface area contributed by atoms with Crippen molar-refractivity contribution >= 4 is 5.95 Å². The molecule has 0 aromatic carbocycles. The first-order chi connectivity index (χ1) is 11.2. The summed E-state index contributed by atoms with van der Waals surface area (Å²) in [5, 5.41) is 13.7. The lowest BCUT2D eigenvalue weighted by atomic mass is 10.2. The number of nitrogens with zero attached hydrogens (tertiary/aromatic N) is 5. The van der Waals surface area contributed by atoms with Crippen LogP contribution in [0.2, 0.25) is 0 Å². The zero-order valence-corrected chi connectivity index (χ0v) is 13.4. The zero-order valence-electron chi connectivity index (χ0n) is 13.4. The number of rotatable bonds is 5. The molecule has 0 atom stereocenters. The van der Waals surface area contributed by atoms with Gasteiger partial charge in [0.25, 0.3) is 0 Å². The summed E-state index contributed by atoms with van der Waals surface area (Å²) in [5.41, 5.74) is 2.47. The molecular weight excluding hydrogens is 298 g/mol. The molecular formula is C15H21N5O3. The van der Waals surface area contributed by atoms with Gasteiger partial charge in [-0.25, -0.2) is 9.97 Å². The van der Waals surface area contributed by atoms with Gasteiger partial charge in [0.15, 0.2) is 5.75 Å². The summed E-state index contributed by atoms with van der Waals surface area (Å²) in [6, 6.07) is 0. The quantitative estimate of drug-likeness (QED) is 0.855. The Kier molecular flexibility index (Phi) is 4.73. The Morgan fingerprint density at radius 2 is 1.96 bits per heavy atom. The molecule has 0 radical (unpaired) electrons. The lowest BCUT2D eigenvalue weighted by Gasteiger charge is -2.26. The van der Waals surface area contributed by atoms with Crippen LogP contribution in [0.15, 0.2) is 12.4 Å². The Labute approximate surface area is 134 Å². The minimum atomic E-state index is -0.0508. The van der Waals surface area contributed by atoms with E-state index in [9.17, 15) is 5.11 Å². The number of aliphatic hydroxyl groups is 1. The summed E-state index contributed by atoms with van der Waals surface area (Å²) in [6.45, 7) is 5.13. The van der Waals surface area contributed by atoms with Gasteiger partial charge in [-0.2, -0.15) is 5.10 Å². The molecule has 2 aromatic heterocycles. The molecule has 0 saturated carbocycles. The standard InChI is InChI=1S/C15H21N5O3/c1-11-13(9-21)14(19(2)18-11)10-23-12-7-16-15(17-8-12)20-3-5-22-6-4-20/h7-8,21H,3-6,9-10H2,1-2H3. The molecule has 1 N–H and O–H groups in total. The molecule has 23 heavy (non-hydrogen) atoms. The summed E-state index contributed by atoms with van der Waals surface area (Å²) in [5.74, 6) is 1.28. The predicted octanol–water partition coefficient (Wildman–Crippen LogP) is 0.426. The third-order valence-corrected chi connectivity index (χ3v) is 3.92. The van der Waals surface area contributed by atoms with E-state index >= 15 is 0 Å². The van der Waals surface area contributed by atoms with Crippen molar-refractivity contribution in [1.29, 1.82) is 0 Å². The first-order valence-corrected chi connectivity index (χ1v) is 7.58. The van der Waals surface area contributed by atoms with Crippen molar-refractivity contribution in [2.24, 2.45) is 7.05 Å². The van der Waals surface area contributed by atoms with E-state index in [2.05, 4.69) is 20.0 Å². The minimum absolute atomic E-state index is 0.0508. The van der Waals surface area contributed by atoms with E-state index in [0.717, 1.165) is 30.0 Å². The third kappa shape index (κ3) is 3.43. The van der Waals surface area contributed by atoms with Gasteiger partial charge < -0.3 is 19.5 Å². The van der Waals surface area contributed by atoms with Gasteiger partial charge in [-0.3, -0.25) is 4.68 Å². The van der Waals surface area contributed by atoms with E-state index in [1.807, 2.05) is 14.0 Å². The van der Waals surface area contributed by atoms with E-state index in [0.29, 0.717) is 31.5 Å². The van der Waals surface area contributed by atoms with Crippen LogP contribution in [0.1, 0.15) is 17.0 Å². The van der Waals surface area contributed by atoms with Gasteiger partial charge in [0.05, 0.1) is 43.6 Å². The van der Waals surface area contributed by atoms with E-state index in [4.69, 9.17) is 9.47 Å². The number of aliphatic hydroxyl groups excluding tert-OH is 1. The van der Waals surface area contributed by atoms with Crippen molar-refractivity contribution < 1.29 is 14.6 Å². The SMILES string of the molecule is Cc1nn(C)c(COc2cnc(N3CCOCC3)nc2)c1CO. The fraction of sp³-hybridized carbons (Fsp3) is 0.533. The van der Waals surface area contributed by atoms with Crippen LogP contribution in [0.4, 0.5) is 5.95 Å². The highest BCUT2D eigenvalue weighted by Crippen LogP contribution is 2.18. The molecule has 1 fully saturated rings. The Morgan fingerprint density at radius 1 is 1.26 bits per heavy atom. The maximum Gasteiger partial charge on any atom is 0.225 e. The lowest BCUT2D eigenvalue weighted by molar-refractivity contribution is 0.122. The Hall–Kier alpha value is -2.19. The van der Waals surface area contributed by atoms with Crippen LogP contribution in [0, 0.1) is 6.92 Å². The number of morpholine rings is 1. The van der Waals surface area contributed by atoms with Gasteiger partial charge in [-0.05, 0) is 6.92 Å². The maximum absolute atomic E-state index is 9.44. The Bertz CT molecular complexity index is 650. The van der Waals surface area contributed by atoms with E-state index in [1.54, 1.807) is 17.1 Å². The van der Waals surface area contributed by atoms with Crippen molar-refractivity contribution in [1.82, 2.24) is 19.7 Å². The molecule has 8 heteroatoms. The minimum Gasteiger partial charge on any atom is -0.484 e. The highest BCUT2D eigenvalue weighted by Gasteiger charge is 2.15. The van der Waals surface area contributed by atoms with Crippen LogP contribution in [0.3, 0.4) is 0 Å². The second-order valence-electron chi connectivity index (χ2n) is 5.40. The monoisotopic (exact) mass is 319 g/mol. The van der Waals surface area contributed by atoms with Crippen LogP contribution < -0.4 is 9.64 Å². The van der Waals surface area contributed by atoms with E-state index in [-0.39, 0.29) is 6.61 Å². The number of ether oxygens (including phenoxy) is 2. The molecule has 1 aliphatic rings. The molecule has 0 amide bonds. The van der Waals surface area contributed by atoms with Crippen LogP contribution in [-0.2, 0) is 25.0 Å². The smallest absolute Gasteiger partial charge is 0.225 e. The van der Waals surface area contributed by atoms with Gasteiger partial charge in [-0.15, -0.1) is 0 Å². The number of hydrogen-bond acceptors (Lipinski definition) is 7. The number of anilines is 1. The molecule has 1 saturated heterocycles. The summed E-state index contributed by atoms with van der Waals surface area (Å²) in [6.07, 6.45) is 3.33. The van der Waals surface area contributed by atoms with Gasteiger partial charge in [0.1, 0.15) is 6.61 Å². The van der Waals surface area contributed by atoms with Crippen LogP contribution in [-0.4, -0.2) is 51.2 Å². The van der Waals surface area contributed by atoms with Crippen molar-refractivity contribution in [2.45, 2.75) is 20.1 Å². The summed E-state index contributed by atoms with van der Waals surface area (Å²) in [4.78, 5) is 10.8. The zero-order chi connectivity index (χ0) is 16.2. The summed E-state index contributed by atoms with van der Waals surface area (Å²) < 4.78 is 12.8. The van der Waals surface area contributed by atoms with Gasteiger partial charge in [0.2, 0.25) is 5.95 Å². The highest BCUT2D eigenvalue weighted by atomic mass is 16.5. The molecule has 3 rings (SSSR count). The summed E-state index contributed by atoms with van der Waals surface area (Å²) in [7, 11) is 1.84. The van der Waals surface area contributed by atoms with Crippen LogP contribution in [0.25, 0.3) is 0 Å². The molecule has 8 nitrogen and oxygen atoms in total. The Balaban J connectivity index is 1.65. The number of aromatic nitrogens is 4. The number of aryl methyl sites for hydroxylation is 2. The average Bonchev–Trinajstić information content (AvgIpc) is 2.87. The molecule has 0 spiro atoms. The predicted molar refractivity (Wildman–Crippen MR) is 83.3 cm³/mol. The second-order valence-corrected chi connectivity index (χ2v) is 5.40. The molecule has 0 unspecified atom stereocenters. The van der Waals surface area contributed by atoms with Gasteiger partial charge in [0, 0.05) is 25.7 Å². The molecule has 0 aliphatic carbocycles. The topological polar surface area (TPSA) is 85.5 Å². The van der Waals surface area contributed by atoms with E-state index < -0.39 is 0 Å². The lowest BCUT2D eigenvalue weighted by Crippen LogP contribution is -2.37. The van der Waals surface area contributed by atoms with Crippen LogP contribution >= 0.6 is 0 Å². The first-order valence-electron chi connectivity index (χ1n) is 7.58. The van der Waals surface area contributed by atoms with E-state index in [1.165, 1.54) is 0 Å². The Morgan fingerprint density at radius 3 is 2.61 bits per heavy atom. The summed E-state index contributed by atoms with van der Waals surface area (Å²) >= 11 is 0. The molecule has 3 heterocycles. The highest BCUT2D eigenvalue weighted by molar-refractivity contribution is 5.32. The molecule has 0 bridgehead atoms. The molecule has 1 aliphatic heterocycles. The third-order valence-electron chi connectivity index (χ3n) is 3.92. The maximum atomic E-state index is 9.44. The van der Waals surface area contributed by atoms with Crippen LogP contribution in [0.5, 0.6) is 5.75 Å². The number of hydrogen-bond donors (Lipinski definition) is 1. The molecule has 124 valence electrons. The average molecular weight is 319 g/mol. The first kappa shape index (κ1) is 15.7. The van der Waals surface area contributed by atoms with Crippen molar-refractivity contribution in [3.8, 4) is 5.75 Å². The van der Waals surface area contributed by atoms with Gasteiger partial charge >= 0.3 is 0 Å². The van der Waals surface area contributed by atoms with Crippen molar-refractivity contribution in [2.75, 3.05) is 31.2 Å². The fourth-order valence-electron chi connectivity index (χ4n) is 2.60. The largest absolute Gasteiger partial charge is 0.484 e. The van der Waals surface area contributed by atoms with Gasteiger partial charge in [-0.1, -0.05) is 0 Å². The second kappa shape index (κ2) is 6.93. The fourth-order valence-corrected chi connectivity index (χ4v) is 2.60. The van der Waals surface area contributed by atoms with Crippen molar-refractivity contribution in [3.63, 3.8) is 0 Å². The van der Waals surface area contributed by atoms with Crippen molar-refractivity contribution in [3.05, 3.63) is 29.3 Å².